The summed E-state index contributed by atoms with van der Waals surface area (Å²) in [7, 11) is 0. The standard InChI is InChI=1S/C16H20O2/c1-2-14(13-9-5-3-6-10-13)16(15(17)18)11-7-4-8-12-16/h2-3,5-6,9-10,14H,1,4,7-8,11-12H2,(H,17,18). The van der Waals surface area contributed by atoms with E-state index >= 15 is 0 Å². The van der Waals surface area contributed by atoms with Crippen LogP contribution in [0.5, 0.6) is 0 Å². The van der Waals surface area contributed by atoms with Crippen molar-refractivity contribution < 1.29 is 9.90 Å². The first kappa shape index (κ1) is 12.9. The average molecular weight is 244 g/mol. The number of hydrogen-bond donors (Lipinski definition) is 1. The van der Waals surface area contributed by atoms with Crippen LogP contribution in [0.25, 0.3) is 0 Å². The molecule has 2 nitrogen and oxygen atoms in total. The van der Waals surface area contributed by atoms with Crippen molar-refractivity contribution in [2.45, 2.75) is 38.0 Å². The van der Waals surface area contributed by atoms with Crippen LogP contribution in [0.2, 0.25) is 0 Å². The van der Waals surface area contributed by atoms with Gasteiger partial charge in [0.15, 0.2) is 0 Å². The molecule has 0 spiro atoms. The smallest absolute Gasteiger partial charge is 0.310 e. The van der Waals surface area contributed by atoms with E-state index in [1.54, 1.807) is 0 Å². The maximum Gasteiger partial charge on any atom is 0.310 e. The number of aliphatic carboxylic acids is 1. The van der Waals surface area contributed by atoms with Crippen LogP contribution >= 0.6 is 0 Å². The minimum absolute atomic E-state index is 0.0866. The van der Waals surface area contributed by atoms with Gasteiger partial charge in [-0.1, -0.05) is 55.7 Å². The summed E-state index contributed by atoms with van der Waals surface area (Å²) in [5.41, 5.74) is 0.415. The van der Waals surface area contributed by atoms with Gasteiger partial charge >= 0.3 is 5.97 Å². The van der Waals surface area contributed by atoms with Gasteiger partial charge in [0.05, 0.1) is 5.41 Å². The van der Waals surface area contributed by atoms with E-state index in [1.165, 1.54) is 0 Å². The zero-order valence-corrected chi connectivity index (χ0v) is 10.6. The summed E-state index contributed by atoms with van der Waals surface area (Å²) < 4.78 is 0. The third-order valence-electron chi connectivity index (χ3n) is 4.16. The van der Waals surface area contributed by atoms with Crippen molar-refractivity contribution in [3.8, 4) is 0 Å². The number of carbonyl (C=O) groups is 1. The second-order valence-electron chi connectivity index (χ2n) is 5.15. The Balaban J connectivity index is 2.39. The third-order valence-corrected chi connectivity index (χ3v) is 4.16. The van der Waals surface area contributed by atoms with Crippen molar-refractivity contribution >= 4 is 5.97 Å². The first-order chi connectivity index (χ1) is 8.70. The van der Waals surface area contributed by atoms with Crippen LogP contribution in [0, 0.1) is 5.41 Å². The Morgan fingerprint density at radius 3 is 2.33 bits per heavy atom. The van der Waals surface area contributed by atoms with E-state index in [1.807, 2.05) is 36.4 Å². The van der Waals surface area contributed by atoms with Crippen molar-refractivity contribution in [1.82, 2.24) is 0 Å². The second kappa shape index (κ2) is 5.38. The molecule has 1 aromatic carbocycles. The van der Waals surface area contributed by atoms with Crippen LogP contribution in [0.1, 0.15) is 43.6 Å². The van der Waals surface area contributed by atoms with Crippen molar-refractivity contribution in [3.63, 3.8) is 0 Å². The molecule has 96 valence electrons. The molecule has 0 saturated heterocycles. The quantitative estimate of drug-likeness (QED) is 0.813. The summed E-state index contributed by atoms with van der Waals surface area (Å²) in [6, 6.07) is 9.89. The monoisotopic (exact) mass is 244 g/mol. The first-order valence-electron chi connectivity index (χ1n) is 6.61. The molecule has 2 rings (SSSR count). The Bertz CT molecular complexity index is 416. The highest BCUT2D eigenvalue weighted by Crippen LogP contribution is 2.48. The van der Waals surface area contributed by atoms with E-state index in [0.717, 1.165) is 37.7 Å². The van der Waals surface area contributed by atoms with Crippen molar-refractivity contribution in [2.75, 3.05) is 0 Å². The van der Waals surface area contributed by atoms with Gasteiger partial charge < -0.3 is 5.11 Å². The van der Waals surface area contributed by atoms with Crippen LogP contribution in [0.15, 0.2) is 43.0 Å². The van der Waals surface area contributed by atoms with Crippen LogP contribution in [0.3, 0.4) is 0 Å². The van der Waals surface area contributed by atoms with Crippen molar-refractivity contribution in [2.24, 2.45) is 5.41 Å². The zero-order chi connectivity index (χ0) is 13.0. The fourth-order valence-electron chi connectivity index (χ4n) is 3.18. The molecule has 1 aliphatic rings. The number of rotatable bonds is 4. The van der Waals surface area contributed by atoms with Gasteiger partial charge in [0.25, 0.3) is 0 Å². The lowest BCUT2D eigenvalue weighted by Crippen LogP contribution is -2.38. The minimum Gasteiger partial charge on any atom is -0.481 e. The molecule has 1 fully saturated rings. The molecular formula is C16H20O2. The molecule has 0 heterocycles. The van der Waals surface area contributed by atoms with Crippen LogP contribution in [-0.4, -0.2) is 11.1 Å². The van der Waals surface area contributed by atoms with Gasteiger partial charge in [-0.25, -0.2) is 0 Å². The largest absolute Gasteiger partial charge is 0.481 e. The van der Waals surface area contributed by atoms with Crippen LogP contribution in [0.4, 0.5) is 0 Å². The Labute approximate surface area is 108 Å². The molecule has 0 radical (unpaired) electrons. The van der Waals surface area contributed by atoms with E-state index in [-0.39, 0.29) is 5.92 Å². The molecule has 0 amide bonds. The fraction of sp³-hybridized carbons (Fsp3) is 0.438. The third kappa shape index (κ3) is 2.20. The maximum absolute atomic E-state index is 11.8. The topological polar surface area (TPSA) is 37.3 Å². The molecule has 1 unspecified atom stereocenters. The van der Waals surface area contributed by atoms with Crippen LogP contribution in [-0.2, 0) is 4.79 Å². The van der Waals surface area contributed by atoms with Gasteiger partial charge in [0, 0.05) is 5.92 Å². The predicted molar refractivity (Wildman–Crippen MR) is 72.5 cm³/mol. The summed E-state index contributed by atoms with van der Waals surface area (Å²) in [4.78, 5) is 11.8. The van der Waals surface area contributed by atoms with Gasteiger partial charge in [-0.15, -0.1) is 6.58 Å². The lowest BCUT2D eigenvalue weighted by atomic mass is 9.64. The van der Waals surface area contributed by atoms with Gasteiger partial charge in [0.2, 0.25) is 0 Å². The molecule has 0 aliphatic heterocycles. The Morgan fingerprint density at radius 2 is 1.83 bits per heavy atom. The minimum atomic E-state index is -0.670. The normalized spacial score (nSPS) is 20.0. The zero-order valence-electron chi connectivity index (χ0n) is 10.6. The molecule has 1 N–H and O–H groups in total. The van der Waals surface area contributed by atoms with Gasteiger partial charge in [-0.05, 0) is 18.4 Å². The van der Waals surface area contributed by atoms with E-state index in [2.05, 4.69) is 6.58 Å². The molecule has 2 heteroatoms. The van der Waals surface area contributed by atoms with E-state index < -0.39 is 11.4 Å². The Morgan fingerprint density at radius 1 is 1.22 bits per heavy atom. The van der Waals surface area contributed by atoms with Crippen LogP contribution < -0.4 is 0 Å². The maximum atomic E-state index is 11.8. The number of allylic oxidation sites excluding steroid dienone is 1. The predicted octanol–water partition coefficient (Wildman–Crippen LogP) is 3.99. The molecule has 1 atom stereocenters. The molecule has 0 bridgehead atoms. The molecule has 0 aromatic heterocycles. The first-order valence-corrected chi connectivity index (χ1v) is 6.61. The highest BCUT2D eigenvalue weighted by atomic mass is 16.4. The number of benzene rings is 1. The average Bonchev–Trinajstić information content (AvgIpc) is 2.41. The fourth-order valence-corrected chi connectivity index (χ4v) is 3.18. The molecule has 1 aliphatic carbocycles. The van der Waals surface area contributed by atoms with Gasteiger partial charge in [-0.2, -0.15) is 0 Å². The van der Waals surface area contributed by atoms with Gasteiger partial charge in [-0.3, -0.25) is 4.79 Å². The van der Waals surface area contributed by atoms with E-state index in [9.17, 15) is 9.90 Å². The molecular weight excluding hydrogens is 224 g/mol. The summed E-state index contributed by atoms with van der Waals surface area (Å²) >= 11 is 0. The van der Waals surface area contributed by atoms with E-state index in [4.69, 9.17) is 0 Å². The van der Waals surface area contributed by atoms with Gasteiger partial charge in [0.1, 0.15) is 0 Å². The summed E-state index contributed by atoms with van der Waals surface area (Å²) in [6.45, 7) is 3.88. The Hall–Kier alpha value is -1.57. The van der Waals surface area contributed by atoms with Crippen molar-refractivity contribution in [3.05, 3.63) is 48.6 Å². The number of hydrogen-bond acceptors (Lipinski definition) is 1. The lowest BCUT2D eigenvalue weighted by molar-refractivity contribution is -0.152. The highest BCUT2D eigenvalue weighted by Gasteiger charge is 2.45. The Kier molecular flexibility index (Phi) is 3.85. The summed E-state index contributed by atoms with van der Waals surface area (Å²) in [6.07, 6.45) is 6.48. The molecule has 18 heavy (non-hydrogen) atoms. The number of carboxylic acid groups (broad SMARTS) is 1. The van der Waals surface area contributed by atoms with Crippen molar-refractivity contribution in [1.29, 1.82) is 0 Å². The van der Waals surface area contributed by atoms with E-state index in [0.29, 0.717) is 0 Å². The molecule has 1 aromatic rings. The highest BCUT2D eigenvalue weighted by molar-refractivity contribution is 5.77. The lowest BCUT2D eigenvalue weighted by Gasteiger charge is -2.39. The second-order valence-corrected chi connectivity index (χ2v) is 5.15. The summed E-state index contributed by atoms with van der Waals surface area (Å²) in [5, 5.41) is 9.70. The SMILES string of the molecule is C=CC(c1ccccc1)C1(C(=O)O)CCCCC1. The molecule has 1 saturated carbocycles. The summed E-state index contributed by atoms with van der Waals surface area (Å²) in [5.74, 6) is -0.757. The number of carboxylic acids is 1.